The first-order valence-corrected chi connectivity index (χ1v) is 11.9. The Morgan fingerprint density at radius 2 is 2.24 bits per heavy atom. The Labute approximate surface area is 172 Å². The number of hydrogen-bond donors (Lipinski definition) is 1. The first-order chi connectivity index (χ1) is 14.3. The van der Waals surface area contributed by atoms with Crippen molar-refractivity contribution in [2.75, 3.05) is 19.7 Å². The van der Waals surface area contributed by atoms with Gasteiger partial charge in [0.25, 0.3) is 0 Å². The van der Waals surface area contributed by atoms with Crippen LogP contribution < -0.4 is 4.74 Å². The van der Waals surface area contributed by atoms with Crippen LogP contribution >= 0.6 is 0 Å². The van der Waals surface area contributed by atoms with E-state index in [1.54, 1.807) is 11.3 Å². The SMILES string of the molecule is CCC1CC2CC3c4[nH]c5ccc(OC6CCCCO6)cc5c4CCN4CC12C34. The third kappa shape index (κ3) is 2.17. The van der Waals surface area contributed by atoms with Gasteiger partial charge in [-0.15, -0.1) is 0 Å². The molecule has 2 aromatic rings. The molecule has 3 aliphatic heterocycles. The molecule has 0 amide bonds. The number of rotatable bonds is 3. The number of fused-ring (bicyclic) bond motifs is 4. The van der Waals surface area contributed by atoms with Crippen LogP contribution in [0.25, 0.3) is 10.9 Å². The maximum Gasteiger partial charge on any atom is 0.199 e. The zero-order valence-electron chi connectivity index (χ0n) is 17.5. The van der Waals surface area contributed by atoms with Crippen LogP contribution in [0, 0.1) is 17.3 Å². The Bertz CT molecular complexity index is 961. The monoisotopic (exact) mass is 392 g/mol. The summed E-state index contributed by atoms with van der Waals surface area (Å²) in [5.41, 5.74) is 5.08. The average molecular weight is 393 g/mol. The van der Waals surface area contributed by atoms with E-state index in [-0.39, 0.29) is 6.29 Å². The molecule has 6 unspecified atom stereocenters. The van der Waals surface area contributed by atoms with Crippen molar-refractivity contribution < 1.29 is 9.47 Å². The van der Waals surface area contributed by atoms with Gasteiger partial charge < -0.3 is 14.5 Å². The largest absolute Gasteiger partial charge is 0.465 e. The molecule has 29 heavy (non-hydrogen) atoms. The number of aromatic nitrogens is 1. The Balaban J connectivity index is 1.25. The first-order valence-electron chi connectivity index (χ1n) is 11.9. The molecule has 4 nitrogen and oxygen atoms in total. The lowest BCUT2D eigenvalue weighted by Gasteiger charge is -2.67. The first kappa shape index (κ1) is 17.2. The average Bonchev–Trinajstić information content (AvgIpc) is 3.11. The van der Waals surface area contributed by atoms with Crippen LogP contribution in [0.2, 0.25) is 0 Å². The summed E-state index contributed by atoms with van der Waals surface area (Å²) in [4.78, 5) is 6.71. The number of aromatic amines is 1. The highest BCUT2D eigenvalue weighted by molar-refractivity contribution is 5.86. The predicted molar refractivity (Wildman–Crippen MR) is 113 cm³/mol. The summed E-state index contributed by atoms with van der Waals surface area (Å²) < 4.78 is 12.0. The second-order valence-electron chi connectivity index (χ2n) is 10.3. The van der Waals surface area contributed by atoms with E-state index in [1.807, 2.05) is 0 Å². The fourth-order valence-electron chi connectivity index (χ4n) is 8.01. The zero-order valence-corrected chi connectivity index (χ0v) is 17.5. The second kappa shape index (κ2) is 6.01. The van der Waals surface area contributed by atoms with Crippen molar-refractivity contribution in [3.63, 3.8) is 0 Å². The van der Waals surface area contributed by atoms with Crippen LogP contribution in [0.3, 0.4) is 0 Å². The van der Waals surface area contributed by atoms with Crippen LogP contribution in [0.15, 0.2) is 18.2 Å². The third-order valence-corrected chi connectivity index (χ3v) is 9.26. The Morgan fingerprint density at radius 3 is 3.10 bits per heavy atom. The van der Waals surface area contributed by atoms with Gasteiger partial charge in [0.1, 0.15) is 5.75 Å². The Kier molecular flexibility index (Phi) is 3.56. The normalized spacial score (nSPS) is 40.4. The molecule has 4 heteroatoms. The molecule has 0 bridgehead atoms. The molecular weight excluding hydrogens is 360 g/mol. The van der Waals surface area contributed by atoms with E-state index in [0.29, 0.717) is 11.3 Å². The van der Waals surface area contributed by atoms with E-state index < -0.39 is 0 Å². The molecule has 1 aromatic carbocycles. The molecule has 2 aliphatic carbocycles. The number of ether oxygens (including phenoxy) is 2. The molecule has 5 aliphatic rings. The van der Waals surface area contributed by atoms with E-state index in [0.717, 1.165) is 43.1 Å². The highest BCUT2D eigenvalue weighted by atomic mass is 16.7. The summed E-state index contributed by atoms with van der Waals surface area (Å²) in [6, 6.07) is 7.43. The molecule has 4 fully saturated rings. The summed E-state index contributed by atoms with van der Waals surface area (Å²) in [5, 5.41) is 1.39. The lowest BCUT2D eigenvalue weighted by molar-refractivity contribution is -0.181. The van der Waals surface area contributed by atoms with Crippen LogP contribution in [0.1, 0.15) is 62.6 Å². The van der Waals surface area contributed by atoms with Gasteiger partial charge in [-0.2, -0.15) is 0 Å². The van der Waals surface area contributed by atoms with Crippen LogP contribution in [0.5, 0.6) is 5.75 Å². The maximum atomic E-state index is 6.20. The van der Waals surface area contributed by atoms with Crippen LogP contribution in [0.4, 0.5) is 0 Å². The minimum absolute atomic E-state index is 0.0722. The van der Waals surface area contributed by atoms with Gasteiger partial charge in [0.15, 0.2) is 6.29 Å². The summed E-state index contributed by atoms with van der Waals surface area (Å²) >= 11 is 0. The minimum Gasteiger partial charge on any atom is -0.465 e. The number of H-pyrrole nitrogens is 1. The summed E-state index contributed by atoms with van der Waals surface area (Å²) in [6.45, 7) is 5.83. The quantitative estimate of drug-likeness (QED) is 0.813. The third-order valence-electron chi connectivity index (χ3n) is 9.26. The molecule has 154 valence electrons. The number of benzene rings is 1. The van der Waals surface area contributed by atoms with Crippen LogP contribution in [-0.4, -0.2) is 41.9 Å². The smallest absolute Gasteiger partial charge is 0.199 e. The van der Waals surface area contributed by atoms with Crippen molar-refractivity contribution in [3.8, 4) is 5.75 Å². The molecule has 1 spiro atoms. The van der Waals surface area contributed by atoms with Crippen molar-refractivity contribution >= 4 is 10.9 Å². The van der Waals surface area contributed by atoms with Crippen molar-refractivity contribution in [2.45, 2.75) is 70.1 Å². The number of nitrogens with zero attached hydrogens (tertiary/aromatic N) is 1. The number of nitrogens with one attached hydrogen (secondary N) is 1. The van der Waals surface area contributed by atoms with Crippen molar-refractivity contribution in [2.24, 2.45) is 17.3 Å². The summed E-state index contributed by atoms with van der Waals surface area (Å²) in [5.74, 6) is 3.62. The Morgan fingerprint density at radius 1 is 1.28 bits per heavy atom. The molecule has 2 saturated heterocycles. The van der Waals surface area contributed by atoms with Gasteiger partial charge in [0.05, 0.1) is 6.61 Å². The molecular formula is C25H32N2O2. The minimum atomic E-state index is -0.0722. The van der Waals surface area contributed by atoms with E-state index in [2.05, 4.69) is 35.0 Å². The highest BCUT2D eigenvalue weighted by Crippen LogP contribution is 2.72. The van der Waals surface area contributed by atoms with Gasteiger partial charge in [0, 0.05) is 53.5 Å². The maximum absolute atomic E-state index is 6.20. The van der Waals surface area contributed by atoms with E-state index >= 15 is 0 Å². The summed E-state index contributed by atoms with van der Waals surface area (Å²) in [6.07, 6.45) is 8.71. The fourth-order valence-corrected chi connectivity index (χ4v) is 8.01. The summed E-state index contributed by atoms with van der Waals surface area (Å²) in [7, 11) is 0. The zero-order chi connectivity index (χ0) is 19.2. The van der Waals surface area contributed by atoms with E-state index in [9.17, 15) is 0 Å². The van der Waals surface area contributed by atoms with Gasteiger partial charge in [-0.25, -0.2) is 0 Å². The second-order valence-corrected chi connectivity index (χ2v) is 10.3. The van der Waals surface area contributed by atoms with Gasteiger partial charge in [-0.1, -0.05) is 13.3 Å². The Hall–Kier alpha value is -1.52. The van der Waals surface area contributed by atoms with Crippen molar-refractivity contribution in [1.82, 2.24) is 9.88 Å². The van der Waals surface area contributed by atoms with Gasteiger partial charge in [-0.3, -0.25) is 4.90 Å². The molecule has 4 heterocycles. The molecule has 1 aromatic heterocycles. The lowest BCUT2D eigenvalue weighted by Crippen LogP contribution is -2.72. The highest BCUT2D eigenvalue weighted by Gasteiger charge is 2.72. The lowest BCUT2D eigenvalue weighted by atomic mass is 9.48. The van der Waals surface area contributed by atoms with Crippen molar-refractivity contribution in [3.05, 3.63) is 29.5 Å². The topological polar surface area (TPSA) is 37.5 Å². The number of hydrogen-bond acceptors (Lipinski definition) is 3. The fraction of sp³-hybridized carbons (Fsp3) is 0.680. The molecule has 7 rings (SSSR count). The standard InChI is InChI=1S/C25H32N2O2/c1-2-15-11-16-12-20-23-18(8-9-27-14-25(15,16)24(20)27)19-13-17(6-7-21(19)26-23)29-22-5-3-4-10-28-22/h6-7,13,15-16,20,22,24,26H,2-5,8-12,14H2,1H3. The van der Waals surface area contributed by atoms with Gasteiger partial charge in [0.2, 0.25) is 0 Å². The molecule has 2 saturated carbocycles. The molecule has 1 N–H and O–H groups in total. The van der Waals surface area contributed by atoms with Crippen LogP contribution in [-0.2, 0) is 11.2 Å². The van der Waals surface area contributed by atoms with E-state index in [4.69, 9.17) is 9.47 Å². The molecule has 0 radical (unpaired) electrons. The van der Waals surface area contributed by atoms with Crippen molar-refractivity contribution in [1.29, 1.82) is 0 Å². The van der Waals surface area contributed by atoms with Gasteiger partial charge in [-0.05, 0) is 67.7 Å². The molecule has 6 atom stereocenters. The van der Waals surface area contributed by atoms with Gasteiger partial charge >= 0.3 is 0 Å². The predicted octanol–water partition coefficient (Wildman–Crippen LogP) is 4.83. The van der Waals surface area contributed by atoms with E-state index in [1.165, 1.54) is 56.1 Å².